The molecule has 1 fully saturated rings. The summed E-state index contributed by atoms with van der Waals surface area (Å²) in [6, 6.07) is 4.38. The van der Waals surface area contributed by atoms with E-state index < -0.39 is 0 Å². The molecule has 0 aromatic carbocycles. The van der Waals surface area contributed by atoms with Gasteiger partial charge in [-0.05, 0) is 24.0 Å². The van der Waals surface area contributed by atoms with Crippen molar-refractivity contribution in [2.45, 2.75) is 25.1 Å². The minimum atomic E-state index is 0.156. The van der Waals surface area contributed by atoms with Crippen LogP contribution in [0.3, 0.4) is 0 Å². The number of carbonyl (C=O) groups is 1. The molecule has 0 bridgehead atoms. The normalized spacial score (nSPS) is 22.8. The van der Waals surface area contributed by atoms with Gasteiger partial charge < -0.3 is 5.32 Å². The highest BCUT2D eigenvalue weighted by Gasteiger charge is 2.33. The molecule has 1 aliphatic carbocycles. The van der Waals surface area contributed by atoms with Crippen molar-refractivity contribution in [1.82, 2.24) is 10.3 Å². The van der Waals surface area contributed by atoms with E-state index in [4.69, 9.17) is 0 Å². The summed E-state index contributed by atoms with van der Waals surface area (Å²) >= 11 is 1.63. The van der Waals surface area contributed by atoms with Gasteiger partial charge in [-0.3, -0.25) is 9.78 Å². The Morgan fingerprint density at radius 1 is 1.69 bits per heavy atom. The smallest absolute Gasteiger partial charge is 0.230 e. The van der Waals surface area contributed by atoms with Crippen LogP contribution < -0.4 is 5.32 Å². The summed E-state index contributed by atoms with van der Waals surface area (Å²) in [6.45, 7) is 2.16. The van der Waals surface area contributed by atoms with Crippen LogP contribution in [0.25, 0.3) is 0 Å². The molecular formula is C12H16N2OS. The molecule has 2 rings (SSSR count). The van der Waals surface area contributed by atoms with Crippen molar-refractivity contribution in [3.8, 4) is 0 Å². The first kappa shape index (κ1) is 11.5. The van der Waals surface area contributed by atoms with Gasteiger partial charge in [0.1, 0.15) is 0 Å². The molecule has 0 aliphatic heterocycles. The Hall–Kier alpha value is -1.03. The highest BCUT2D eigenvalue weighted by Crippen LogP contribution is 2.28. The van der Waals surface area contributed by atoms with Gasteiger partial charge in [0, 0.05) is 24.2 Å². The number of hydrogen-bond donors (Lipinski definition) is 1. The lowest BCUT2D eigenvalue weighted by Gasteiger charge is -2.03. The molecule has 0 unspecified atom stereocenters. The van der Waals surface area contributed by atoms with Gasteiger partial charge in [-0.1, -0.05) is 13.0 Å². The zero-order chi connectivity index (χ0) is 11.4. The lowest BCUT2D eigenvalue weighted by Crippen LogP contribution is -2.28. The Balaban J connectivity index is 1.62. The Kier molecular flexibility index (Phi) is 3.83. The monoisotopic (exact) mass is 236 g/mol. The number of nitrogens with zero attached hydrogens (tertiary/aromatic N) is 1. The van der Waals surface area contributed by atoms with Crippen LogP contribution in [0.4, 0.5) is 0 Å². The number of aromatic nitrogens is 1. The van der Waals surface area contributed by atoms with Gasteiger partial charge in [0.2, 0.25) is 5.91 Å². The van der Waals surface area contributed by atoms with E-state index in [1.54, 1.807) is 18.0 Å². The fourth-order valence-corrected chi connectivity index (χ4v) is 2.29. The first-order valence-electron chi connectivity index (χ1n) is 5.51. The van der Waals surface area contributed by atoms with Crippen LogP contribution in [-0.2, 0) is 10.5 Å². The number of hydrogen-bond acceptors (Lipinski definition) is 3. The standard InChI is InChI=1S/C12H16N2OS/c1-9-5-11(9)14-12(15)8-16-7-10-3-2-4-13-6-10/h2-4,6,9,11H,5,7-8H2,1H3,(H,14,15)/t9-,11-/m1/s1. The quantitative estimate of drug-likeness (QED) is 0.848. The van der Waals surface area contributed by atoms with Crippen molar-refractivity contribution < 1.29 is 4.79 Å². The number of nitrogens with one attached hydrogen (secondary N) is 1. The molecule has 1 aromatic rings. The molecule has 1 saturated carbocycles. The predicted octanol–water partition coefficient (Wildman–Crippen LogP) is 1.84. The Bertz CT molecular complexity index is 355. The van der Waals surface area contributed by atoms with Gasteiger partial charge in [0.15, 0.2) is 0 Å². The largest absolute Gasteiger partial charge is 0.352 e. The van der Waals surface area contributed by atoms with E-state index in [1.807, 2.05) is 18.3 Å². The summed E-state index contributed by atoms with van der Waals surface area (Å²) in [7, 11) is 0. The Morgan fingerprint density at radius 2 is 2.50 bits per heavy atom. The third-order valence-electron chi connectivity index (χ3n) is 2.68. The van der Waals surface area contributed by atoms with Crippen LogP contribution in [0.15, 0.2) is 24.5 Å². The second kappa shape index (κ2) is 5.34. The zero-order valence-electron chi connectivity index (χ0n) is 9.35. The average Bonchev–Trinajstić information content (AvgIpc) is 2.95. The van der Waals surface area contributed by atoms with E-state index >= 15 is 0 Å². The molecule has 0 spiro atoms. The molecule has 0 saturated heterocycles. The molecule has 1 heterocycles. The van der Waals surface area contributed by atoms with Crippen molar-refractivity contribution in [3.05, 3.63) is 30.1 Å². The van der Waals surface area contributed by atoms with Crippen LogP contribution in [0.1, 0.15) is 18.9 Å². The van der Waals surface area contributed by atoms with Gasteiger partial charge in [-0.15, -0.1) is 11.8 Å². The number of carbonyl (C=O) groups excluding carboxylic acids is 1. The fourth-order valence-electron chi connectivity index (χ4n) is 1.52. The summed E-state index contributed by atoms with van der Waals surface area (Å²) in [5.41, 5.74) is 1.17. The maximum Gasteiger partial charge on any atom is 0.230 e. The predicted molar refractivity (Wildman–Crippen MR) is 66.1 cm³/mol. The summed E-state index contributed by atoms with van der Waals surface area (Å²) in [4.78, 5) is 15.5. The van der Waals surface area contributed by atoms with Crippen molar-refractivity contribution in [1.29, 1.82) is 0 Å². The summed E-state index contributed by atoms with van der Waals surface area (Å²) in [6.07, 6.45) is 4.74. The maximum atomic E-state index is 11.5. The van der Waals surface area contributed by atoms with Crippen LogP contribution >= 0.6 is 11.8 Å². The van der Waals surface area contributed by atoms with E-state index in [0.717, 1.165) is 12.2 Å². The number of thioether (sulfide) groups is 1. The summed E-state index contributed by atoms with van der Waals surface area (Å²) < 4.78 is 0. The van der Waals surface area contributed by atoms with Gasteiger partial charge in [-0.2, -0.15) is 0 Å². The fraction of sp³-hybridized carbons (Fsp3) is 0.500. The molecule has 1 aliphatic rings. The third kappa shape index (κ3) is 3.52. The van der Waals surface area contributed by atoms with Crippen molar-refractivity contribution >= 4 is 17.7 Å². The first-order valence-corrected chi connectivity index (χ1v) is 6.67. The van der Waals surface area contributed by atoms with Gasteiger partial charge in [-0.25, -0.2) is 0 Å². The topological polar surface area (TPSA) is 42.0 Å². The zero-order valence-corrected chi connectivity index (χ0v) is 10.2. The lowest BCUT2D eigenvalue weighted by atomic mass is 10.3. The van der Waals surface area contributed by atoms with E-state index in [2.05, 4.69) is 17.2 Å². The van der Waals surface area contributed by atoms with Crippen LogP contribution in [0.5, 0.6) is 0 Å². The van der Waals surface area contributed by atoms with Crippen molar-refractivity contribution in [2.24, 2.45) is 5.92 Å². The summed E-state index contributed by atoms with van der Waals surface area (Å²) in [5.74, 6) is 2.22. The van der Waals surface area contributed by atoms with Crippen LogP contribution in [0, 0.1) is 5.92 Å². The third-order valence-corrected chi connectivity index (χ3v) is 3.68. The van der Waals surface area contributed by atoms with Crippen molar-refractivity contribution in [2.75, 3.05) is 5.75 Å². The van der Waals surface area contributed by atoms with E-state index in [0.29, 0.717) is 17.7 Å². The highest BCUT2D eigenvalue weighted by molar-refractivity contribution is 7.99. The summed E-state index contributed by atoms with van der Waals surface area (Å²) in [5, 5.41) is 3.01. The molecule has 1 aromatic heterocycles. The molecule has 4 heteroatoms. The SMILES string of the molecule is C[C@@H]1C[C@H]1NC(=O)CSCc1cccnc1. The first-order chi connectivity index (χ1) is 7.75. The van der Waals surface area contributed by atoms with E-state index in [1.165, 1.54) is 5.56 Å². The molecule has 1 amide bonds. The minimum absolute atomic E-state index is 0.156. The maximum absolute atomic E-state index is 11.5. The van der Waals surface area contributed by atoms with E-state index in [9.17, 15) is 4.79 Å². The number of amides is 1. The second-order valence-electron chi connectivity index (χ2n) is 4.24. The molecule has 3 nitrogen and oxygen atoms in total. The van der Waals surface area contributed by atoms with Crippen molar-refractivity contribution in [3.63, 3.8) is 0 Å². The van der Waals surface area contributed by atoms with Gasteiger partial charge in [0.25, 0.3) is 0 Å². The minimum Gasteiger partial charge on any atom is -0.352 e. The number of pyridine rings is 1. The Labute approximate surface area is 100 Å². The lowest BCUT2D eigenvalue weighted by molar-refractivity contribution is -0.118. The van der Waals surface area contributed by atoms with Gasteiger partial charge >= 0.3 is 0 Å². The van der Waals surface area contributed by atoms with Gasteiger partial charge in [0.05, 0.1) is 5.75 Å². The molecule has 2 atom stereocenters. The van der Waals surface area contributed by atoms with E-state index in [-0.39, 0.29) is 5.91 Å². The highest BCUT2D eigenvalue weighted by atomic mass is 32.2. The average molecular weight is 236 g/mol. The molecule has 1 N–H and O–H groups in total. The molecular weight excluding hydrogens is 220 g/mol. The Morgan fingerprint density at radius 3 is 3.12 bits per heavy atom. The second-order valence-corrected chi connectivity index (χ2v) is 5.23. The molecule has 86 valence electrons. The van der Waals surface area contributed by atoms with Crippen LogP contribution in [0.2, 0.25) is 0 Å². The molecule has 16 heavy (non-hydrogen) atoms. The van der Waals surface area contributed by atoms with Crippen LogP contribution in [-0.4, -0.2) is 22.7 Å². The number of rotatable bonds is 5. The molecule has 0 radical (unpaired) electrons.